The Morgan fingerprint density at radius 1 is 0.850 bits per heavy atom. The molecule has 5 rings (SSSR count). The van der Waals surface area contributed by atoms with Crippen LogP contribution in [0.4, 0.5) is 0 Å². The van der Waals surface area contributed by atoms with E-state index in [9.17, 15) is 4.79 Å². The van der Waals surface area contributed by atoms with Crippen LogP contribution in [0.1, 0.15) is 34.3 Å². The van der Waals surface area contributed by atoms with Crippen molar-refractivity contribution >= 4 is 5.91 Å². The molecular formula is C33H35N3O4. The van der Waals surface area contributed by atoms with Crippen molar-refractivity contribution in [1.29, 1.82) is 0 Å². The molecule has 2 heterocycles. The fourth-order valence-electron chi connectivity index (χ4n) is 4.91. The number of aromatic nitrogens is 1. The van der Waals surface area contributed by atoms with Crippen LogP contribution in [0.2, 0.25) is 0 Å². The molecule has 3 aromatic carbocycles. The lowest BCUT2D eigenvalue weighted by molar-refractivity contribution is 0.0931. The second kappa shape index (κ2) is 13.1. The first-order valence-corrected chi connectivity index (χ1v) is 13.6. The van der Waals surface area contributed by atoms with Gasteiger partial charge in [0.2, 0.25) is 5.88 Å². The van der Waals surface area contributed by atoms with Crippen LogP contribution in [0.25, 0.3) is 11.1 Å². The minimum absolute atomic E-state index is 0.111. The first-order chi connectivity index (χ1) is 19.6. The van der Waals surface area contributed by atoms with Crippen molar-refractivity contribution in [2.45, 2.75) is 32.0 Å². The first kappa shape index (κ1) is 27.2. The quantitative estimate of drug-likeness (QED) is 0.278. The van der Waals surface area contributed by atoms with Gasteiger partial charge in [-0.2, -0.15) is 0 Å². The molecular weight excluding hydrogens is 502 g/mol. The number of methoxy groups -OCH3 is 2. The number of hydrogen-bond acceptors (Lipinski definition) is 6. The van der Waals surface area contributed by atoms with Crippen molar-refractivity contribution in [3.63, 3.8) is 0 Å². The van der Waals surface area contributed by atoms with Crippen molar-refractivity contribution in [2.75, 3.05) is 27.3 Å². The van der Waals surface area contributed by atoms with E-state index < -0.39 is 0 Å². The lowest BCUT2D eigenvalue weighted by atomic mass is 10.0. The number of nitrogens with zero attached hydrogens (tertiary/aromatic N) is 2. The van der Waals surface area contributed by atoms with Crippen molar-refractivity contribution in [3.8, 4) is 28.5 Å². The highest BCUT2D eigenvalue weighted by molar-refractivity contribution is 5.94. The summed E-state index contributed by atoms with van der Waals surface area (Å²) in [4.78, 5) is 19.5. The molecule has 7 heteroatoms. The van der Waals surface area contributed by atoms with E-state index in [0.29, 0.717) is 18.0 Å². The molecule has 0 aliphatic carbocycles. The van der Waals surface area contributed by atoms with Crippen molar-refractivity contribution in [3.05, 3.63) is 108 Å². The highest BCUT2D eigenvalue weighted by Gasteiger charge is 2.21. The van der Waals surface area contributed by atoms with Gasteiger partial charge in [0.25, 0.3) is 5.91 Å². The molecule has 1 aliphatic rings. The summed E-state index contributed by atoms with van der Waals surface area (Å²) in [5.41, 5.74) is 4.96. The van der Waals surface area contributed by atoms with E-state index in [4.69, 9.17) is 14.2 Å². The summed E-state index contributed by atoms with van der Waals surface area (Å²) in [7, 11) is 3.31. The maximum atomic E-state index is 12.6. The van der Waals surface area contributed by atoms with Gasteiger partial charge in [0, 0.05) is 44.0 Å². The highest BCUT2D eigenvalue weighted by atomic mass is 16.5. The monoisotopic (exact) mass is 537 g/mol. The molecule has 4 aromatic rings. The average Bonchev–Trinajstić information content (AvgIpc) is 3.02. The lowest BCUT2D eigenvalue weighted by Crippen LogP contribution is -2.37. The Labute approximate surface area is 235 Å². The molecule has 1 N–H and O–H groups in total. The molecule has 0 unspecified atom stereocenters. The number of nitrogens with one attached hydrogen (secondary N) is 1. The van der Waals surface area contributed by atoms with Gasteiger partial charge >= 0.3 is 0 Å². The second-order valence-corrected chi connectivity index (χ2v) is 9.91. The van der Waals surface area contributed by atoms with E-state index in [2.05, 4.69) is 33.4 Å². The minimum Gasteiger partial charge on any atom is -0.493 e. The van der Waals surface area contributed by atoms with Crippen LogP contribution in [0.5, 0.6) is 17.4 Å². The van der Waals surface area contributed by atoms with Crippen molar-refractivity contribution < 1.29 is 19.0 Å². The highest BCUT2D eigenvalue weighted by Crippen LogP contribution is 2.29. The number of likely N-dealkylation sites (tertiary alicyclic amines) is 1. The zero-order chi connectivity index (χ0) is 27.7. The summed E-state index contributed by atoms with van der Waals surface area (Å²) < 4.78 is 16.9. The van der Waals surface area contributed by atoms with E-state index >= 15 is 0 Å². The molecule has 0 atom stereocenters. The van der Waals surface area contributed by atoms with Gasteiger partial charge < -0.3 is 19.5 Å². The number of pyridine rings is 1. The largest absolute Gasteiger partial charge is 0.493 e. The second-order valence-electron chi connectivity index (χ2n) is 9.91. The normalized spacial score (nSPS) is 13.9. The molecule has 0 bridgehead atoms. The third-order valence-electron chi connectivity index (χ3n) is 7.18. The van der Waals surface area contributed by atoms with Gasteiger partial charge in [0.1, 0.15) is 6.10 Å². The number of rotatable bonds is 10. The SMILES string of the molecule is COc1ccc(CN2CCC(Oc3ccc(CNC(=O)c4ccc(-c5ccccc5)cc4)cn3)CC2)cc1OC. The van der Waals surface area contributed by atoms with Crippen LogP contribution in [-0.4, -0.2) is 49.2 Å². The zero-order valence-electron chi connectivity index (χ0n) is 23.0. The van der Waals surface area contributed by atoms with Gasteiger partial charge in [-0.3, -0.25) is 9.69 Å². The Morgan fingerprint density at radius 2 is 1.55 bits per heavy atom. The summed E-state index contributed by atoms with van der Waals surface area (Å²) in [6.07, 6.45) is 3.78. The predicted molar refractivity (Wildman–Crippen MR) is 156 cm³/mol. The number of benzene rings is 3. The molecule has 0 saturated carbocycles. The first-order valence-electron chi connectivity index (χ1n) is 13.6. The lowest BCUT2D eigenvalue weighted by Gasteiger charge is -2.32. The molecule has 40 heavy (non-hydrogen) atoms. The van der Waals surface area contributed by atoms with Gasteiger partial charge in [-0.25, -0.2) is 4.98 Å². The topological polar surface area (TPSA) is 72.9 Å². The standard InChI is InChI=1S/C33H35N3O4/c1-38-30-14-8-24(20-31(30)39-2)23-36-18-16-29(17-19-36)40-32-15-9-25(21-34-32)22-35-33(37)28-12-10-27(11-13-28)26-6-4-3-5-7-26/h3-15,20-21,29H,16-19,22-23H2,1-2H3,(H,35,37). The molecule has 1 saturated heterocycles. The van der Waals surface area contributed by atoms with Gasteiger partial charge in [-0.15, -0.1) is 0 Å². The Balaban J connectivity index is 1.06. The molecule has 1 aromatic heterocycles. The Morgan fingerprint density at radius 3 is 2.23 bits per heavy atom. The van der Waals surface area contributed by atoms with E-state index in [0.717, 1.165) is 60.7 Å². The molecule has 1 fully saturated rings. The third kappa shape index (κ3) is 6.98. The summed E-state index contributed by atoms with van der Waals surface area (Å²) in [5.74, 6) is 2.00. The smallest absolute Gasteiger partial charge is 0.251 e. The maximum Gasteiger partial charge on any atom is 0.251 e. The van der Waals surface area contributed by atoms with E-state index in [-0.39, 0.29) is 12.0 Å². The van der Waals surface area contributed by atoms with Crippen LogP contribution in [0, 0.1) is 0 Å². The minimum atomic E-state index is -0.111. The van der Waals surface area contributed by atoms with E-state index in [1.807, 2.05) is 66.7 Å². The summed E-state index contributed by atoms with van der Waals surface area (Å²) in [5, 5.41) is 2.97. The van der Waals surface area contributed by atoms with Gasteiger partial charge in [-0.1, -0.05) is 54.6 Å². The molecule has 0 radical (unpaired) electrons. The summed E-state index contributed by atoms with van der Waals surface area (Å²) in [6.45, 7) is 3.18. The summed E-state index contributed by atoms with van der Waals surface area (Å²) in [6, 6.07) is 27.7. The fourth-order valence-corrected chi connectivity index (χ4v) is 4.91. The van der Waals surface area contributed by atoms with Gasteiger partial charge in [0.15, 0.2) is 11.5 Å². The van der Waals surface area contributed by atoms with Crippen LogP contribution >= 0.6 is 0 Å². The number of amides is 1. The molecule has 7 nitrogen and oxygen atoms in total. The summed E-state index contributed by atoms with van der Waals surface area (Å²) >= 11 is 0. The molecule has 206 valence electrons. The Bertz CT molecular complexity index is 1380. The number of hydrogen-bond donors (Lipinski definition) is 1. The number of ether oxygens (including phenoxy) is 3. The van der Waals surface area contributed by atoms with Crippen molar-refractivity contribution in [1.82, 2.24) is 15.2 Å². The molecule has 1 amide bonds. The van der Waals surface area contributed by atoms with Crippen LogP contribution in [-0.2, 0) is 13.1 Å². The maximum absolute atomic E-state index is 12.6. The average molecular weight is 538 g/mol. The van der Waals surface area contributed by atoms with Crippen LogP contribution in [0.3, 0.4) is 0 Å². The van der Waals surface area contributed by atoms with Gasteiger partial charge in [-0.05, 0) is 59.4 Å². The van der Waals surface area contributed by atoms with E-state index in [1.165, 1.54) is 5.56 Å². The molecule has 0 spiro atoms. The Kier molecular flexibility index (Phi) is 8.93. The van der Waals surface area contributed by atoms with Crippen LogP contribution in [0.15, 0.2) is 91.1 Å². The third-order valence-corrected chi connectivity index (χ3v) is 7.18. The zero-order valence-corrected chi connectivity index (χ0v) is 23.0. The fraction of sp³-hybridized carbons (Fsp3) is 0.273. The Hall–Kier alpha value is -4.36. The van der Waals surface area contributed by atoms with E-state index in [1.54, 1.807) is 20.4 Å². The van der Waals surface area contributed by atoms with Crippen LogP contribution < -0.4 is 19.5 Å². The number of carbonyl (C=O) groups excluding carboxylic acids is 1. The molecule has 1 aliphatic heterocycles. The number of piperidine rings is 1. The predicted octanol–water partition coefficient (Wildman–Crippen LogP) is 5.74. The number of carbonyl (C=O) groups is 1. The van der Waals surface area contributed by atoms with Crippen molar-refractivity contribution in [2.24, 2.45) is 0 Å². The van der Waals surface area contributed by atoms with Gasteiger partial charge in [0.05, 0.1) is 14.2 Å².